The first kappa shape index (κ1) is 20.9. The summed E-state index contributed by atoms with van der Waals surface area (Å²) in [5, 5.41) is 22.5. The van der Waals surface area contributed by atoms with Crippen LogP contribution in [-0.2, 0) is 21.1 Å². The van der Waals surface area contributed by atoms with Gasteiger partial charge in [0.1, 0.15) is 0 Å². The first-order valence-electron chi connectivity index (χ1n) is 9.57. The van der Waals surface area contributed by atoms with Crippen molar-refractivity contribution in [3.8, 4) is 11.5 Å². The van der Waals surface area contributed by atoms with Crippen LogP contribution in [0.15, 0.2) is 91.5 Å². The van der Waals surface area contributed by atoms with Crippen molar-refractivity contribution >= 4 is 11.4 Å². The van der Waals surface area contributed by atoms with Crippen molar-refractivity contribution in [3.63, 3.8) is 0 Å². The van der Waals surface area contributed by atoms with Gasteiger partial charge in [0, 0.05) is 0 Å². The molecule has 8 nitrogen and oxygen atoms in total. The summed E-state index contributed by atoms with van der Waals surface area (Å²) in [7, 11) is 0. The minimum atomic E-state index is -4.38. The van der Waals surface area contributed by atoms with E-state index in [1.807, 2.05) is 36.5 Å². The van der Waals surface area contributed by atoms with Gasteiger partial charge in [0.05, 0.1) is 0 Å². The summed E-state index contributed by atoms with van der Waals surface area (Å²) in [6, 6.07) is 12.0. The molecule has 0 aliphatic heterocycles. The zero-order chi connectivity index (χ0) is 21.8. The van der Waals surface area contributed by atoms with Gasteiger partial charge in [-0.25, -0.2) is 0 Å². The zero-order valence-electron chi connectivity index (χ0n) is 16.3. The summed E-state index contributed by atoms with van der Waals surface area (Å²) in [6.45, 7) is 0. The standard InChI is InChI=1S/2C6H5NO3.2C5H5.Zr/c2*8-6-3-1-2-5(4-6)7(9)10;2*1-2-4-5-3-1;/h2*1-4,8H;2*1-3H,4H2;/q;;;;+2/p-2. The van der Waals surface area contributed by atoms with Crippen LogP contribution in [0.1, 0.15) is 12.8 Å². The second-order valence-corrected chi connectivity index (χ2v) is 14.2. The van der Waals surface area contributed by atoms with Gasteiger partial charge < -0.3 is 0 Å². The molecule has 0 saturated carbocycles. The van der Waals surface area contributed by atoms with Crippen LogP contribution in [0.4, 0.5) is 11.4 Å². The van der Waals surface area contributed by atoms with E-state index in [-0.39, 0.29) is 11.4 Å². The van der Waals surface area contributed by atoms with Crippen LogP contribution in [0.3, 0.4) is 0 Å². The predicted octanol–water partition coefficient (Wildman–Crippen LogP) is 5.63. The molecule has 0 unspecified atom stereocenters. The maximum atomic E-state index is 11.3. The average molecular weight is 498 g/mol. The fourth-order valence-corrected chi connectivity index (χ4v) is 11.6. The van der Waals surface area contributed by atoms with Gasteiger partial charge in [-0.1, -0.05) is 0 Å². The van der Waals surface area contributed by atoms with E-state index in [0.717, 1.165) is 6.56 Å². The second-order valence-electron chi connectivity index (χ2n) is 6.98. The average Bonchev–Trinajstić information content (AvgIpc) is 3.48. The van der Waals surface area contributed by atoms with E-state index in [4.69, 9.17) is 5.63 Å². The third kappa shape index (κ3) is 4.41. The van der Waals surface area contributed by atoms with E-state index >= 15 is 0 Å². The molecule has 0 heterocycles. The maximum absolute atomic E-state index is 11.3. The number of benzene rings is 2. The molecule has 9 heteroatoms. The van der Waals surface area contributed by atoms with Gasteiger partial charge in [0.25, 0.3) is 0 Å². The Morgan fingerprint density at radius 3 is 1.55 bits per heavy atom. The van der Waals surface area contributed by atoms with E-state index in [9.17, 15) is 20.2 Å². The van der Waals surface area contributed by atoms with E-state index < -0.39 is 31.0 Å². The Hall–Kier alpha value is -3.32. The summed E-state index contributed by atoms with van der Waals surface area (Å²) < 4.78 is 15.1. The van der Waals surface area contributed by atoms with Gasteiger partial charge in [0.2, 0.25) is 0 Å². The number of hydrogen-bond donors (Lipinski definition) is 0. The second kappa shape index (κ2) is 8.82. The van der Waals surface area contributed by atoms with Gasteiger partial charge in [-0.15, -0.1) is 0 Å². The molecule has 0 fully saturated rings. The Balaban J connectivity index is 1.81. The van der Waals surface area contributed by atoms with Crippen LogP contribution in [0.25, 0.3) is 0 Å². The van der Waals surface area contributed by atoms with Gasteiger partial charge in [-0.3, -0.25) is 0 Å². The molecule has 0 aromatic heterocycles. The number of allylic oxidation sites excluding steroid dienone is 8. The van der Waals surface area contributed by atoms with Crippen molar-refractivity contribution in [2.24, 2.45) is 0 Å². The normalized spacial score (nSPS) is 14.8. The van der Waals surface area contributed by atoms with Crippen LogP contribution in [0.2, 0.25) is 0 Å². The number of rotatable bonds is 8. The van der Waals surface area contributed by atoms with Crippen LogP contribution in [0, 0.1) is 20.2 Å². The van der Waals surface area contributed by atoms with Crippen molar-refractivity contribution < 1.29 is 36.6 Å². The molecule has 2 aromatic rings. The van der Waals surface area contributed by atoms with Gasteiger partial charge in [-0.2, -0.15) is 0 Å². The summed E-state index contributed by atoms with van der Waals surface area (Å²) in [5.74, 6) is 0.687. The summed E-state index contributed by atoms with van der Waals surface area (Å²) in [5.41, 5.74) is -0.157. The molecule has 0 amide bonds. The molecule has 31 heavy (non-hydrogen) atoms. The molecule has 2 aromatic carbocycles. The zero-order valence-corrected chi connectivity index (χ0v) is 18.8. The predicted molar refractivity (Wildman–Crippen MR) is 111 cm³/mol. The number of nitrogens with zero attached hydrogens (tertiary/aromatic N) is 2. The van der Waals surface area contributed by atoms with Crippen molar-refractivity contribution in [2.75, 3.05) is 0 Å². The molecule has 0 bridgehead atoms. The molecule has 0 N–H and O–H groups in total. The molecule has 0 saturated heterocycles. The van der Waals surface area contributed by atoms with E-state index in [0.29, 0.717) is 24.3 Å². The molecule has 0 spiro atoms. The van der Waals surface area contributed by atoms with Crippen molar-refractivity contribution in [2.45, 2.75) is 12.8 Å². The topological polar surface area (TPSA) is 105 Å². The van der Waals surface area contributed by atoms with Crippen LogP contribution in [0.5, 0.6) is 11.5 Å². The van der Waals surface area contributed by atoms with Gasteiger partial charge >= 0.3 is 184 Å². The Labute approximate surface area is 183 Å². The summed E-state index contributed by atoms with van der Waals surface area (Å²) in [6.07, 6.45) is 13.0. The molecule has 0 atom stereocenters. The molecule has 4 rings (SSSR count). The summed E-state index contributed by atoms with van der Waals surface area (Å²) in [4.78, 5) is 21.6. The van der Waals surface area contributed by atoms with Gasteiger partial charge in [-0.05, 0) is 0 Å². The molecular formula is C22H18N2O6Zr. The quantitative estimate of drug-likeness (QED) is 0.346. The minimum absolute atomic E-state index is 0.0786. The first-order chi connectivity index (χ1) is 15.0. The number of non-ortho nitro benzene ring substituents is 2. The third-order valence-corrected chi connectivity index (χ3v) is 13.5. The van der Waals surface area contributed by atoms with Crippen molar-refractivity contribution in [1.82, 2.24) is 0 Å². The van der Waals surface area contributed by atoms with Crippen molar-refractivity contribution in [1.29, 1.82) is 0 Å². The van der Waals surface area contributed by atoms with Crippen molar-refractivity contribution in [3.05, 3.63) is 112 Å². The fourth-order valence-electron chi connectivity index (χ4n) is 3.52. The summed E-state index contributed by atoms with van der Waals surface area (Å²) >= 11 is -4.38. The molecule has 0 radical (unpaired) electrons. The van der Waals surface area contributed by atoms with Gasteiger partial charge in [0.15, 0.2) is 0 Å². The molecular weight excluding hydrogens is 479 g/mol. The Kier molecular flexibility index (Phi) is 5.95. The number of hydrogen-bond acceptors (Lipinski definition) is 6. The molecule has 2 aliphatic carbocycles. The SMILES string of the molecule is O=[N+]([O-])c1cccc([O][Zr]([O]c2cccc([N+](=O)[O-])c2)([C]2=CC=CC2)[C]2=CC=CC2)c1. The van der Waals surface area contributed by atoms with E-state index in [1.165, 1.54) is 24.3 Å². The molecule has 156 valence electrons. The Morgan fingerprint density at radius 1 is 0.742 bits per heavy atom. The van der Waals surface area contributed by atoms with E-state index in [1.54, 1.807) is 24.3 Å². The first-order valence-corrected chi connectivity index (χ1v) is 14.0. The Bertz CT molecular complexity index is 1080. The monoisotopic (exact) mass is 496 g/mol. The molecule has 2 aliphatic rings. The fraction of sp³-hybridized carbons (Fsp3) is 0.0909. The number of nitro benzene ring substituents is 2. The van der Waals surface area contributed by atoms with Crippen LogP contribution in [-0.4, -0.2) is 9.85 Å². The number of nitro groups is 2. The van der Waals surface area contributed by atoms with Crippen LogP contribution < -0.4 is 5.63 Å². The van der Waals surface area contributed by atoms with Crippen LogP contribution >= 0.6 is 0 Å². The Morgan fingerprint density at radius 2 is 1.19 bits per heavy atom. The van der Waals surface area contributed by atoms with E-state index in [2.05, 4.69) is 0 Å². The third-order valence-electron chi connectivity index (χ3n) is 4.97.